The van der Waals surface area contributed by atoms with Gasteiger partial charge in [0.05, 0.1) is 17.7 Å². The number of halogens is 2. The van der Waals surface area contributed by atoms with Gasteiger partial charge in [-0.1, -0.05) is 24.4 Å². The Hall–Kier alpha value is -1.72. The van der Waals surface area contributed by atoms with Crippen molar-refractivity contribution in [1.82, 2.24) is 4.57 Å². The number of alkyl halides is 1. The first kappa shape index (κ1) is 21.0. The molecule has 6 heteroatoms. The third-order valence-electron chi connectivity index (χ3n) is 5.88. The van der Waals surface area contributed by atoms with Crippen LogP contribution in [0.4, 0.5) is 4.39 Å². The van der Waals surface area contributed by atoms with Gasteiger partial charge in [0.25, 0.3) is 5.56 Å². The first-order chi connectivity index (χ1) is 13.2. The molecule has 3 rings (SSSR count). The molecule has 1 aliphatic carbocycles. The molecule has 1 saturated carbocycles. The number of carbonyl (C=O) groups excluding carboxylic acids is 1. The van der Waals surface area contributed by atoms with E-state index in [2.05, 4.69) is 0 Å². The lowest BCUT2D eigenvalue weighted by Crippen LogP contribution is -2.27. The van der Waals surface area contributed by atoms with Crippen molar-refractivity contribution in [3.63, 3.8) is 0 Å². The summed E-state index contributed by atoms with van der Waals surface area (Å²) in [6, 6.07) is 4.55. The van der Waals surface area contributed by atoms with Crippen LogP contribution in [0.3, 0.4) is 0 Å². The predicted octanol–water partition coefficient (Wildman–Crippen LogP) is 5.09. The van der Waals surface area contributed by atoms with E-state index in [4.69, 9.17) is 11.6 Å². The molecule has 1 fully saturated rings. The Morgan fingerprint density at radius 2 is 2.14 bits per heavy atom. The normalized spacial score (nSPS) is 23.7. The minimum Gasteiger partial charge on any atom is -0.394 e. The maximum absolute atomic E-state index is 14.3. The number of carbonyl (C=O) groups is 1. The van der Waals surface area contributed by atoms with E-state index in [1.54, 1.807) is 38.2 Å². The van der Waals surface area contributed by atoms with Crippen LogP contribution in [0.2, 0.25) is 5.02 Å². The molecular weight excluding hydrogens is 381 g/mol. The van der Waals surface area contributed by atoms with Crippen LogP contribution in [0.1, 0.15) is 68.8 Å². The number of rotatable bonds is 6. The largest absolute Gasteiger partial charge is 0.394 e. The average molecular weight is 408 g/mol. The summed E-state index contributed by atoms with van der Waals surface area (Å²) in [6.45, 7) is 3.23. The van der Waals surface area contributed by atoms with Crippen LogP contribution in [0.5, 0.6) is 0 Å². The van der Waals surface area contributed by atoms with E-state index in [0.717, 1.165) is 12.8 Å². The highest BCUT2D eigenvalue weighted by atomic mass is 35.5. The number of pyridine rings is 1. The molecule has 1 heterocycles. The Morgan fingerprint density at radius 3 is 2.82 bits per heavy atom. The van der Waals surface area contributed by atoms with Crippen molar-refractivity contribution < 1.29 is 14.3 Å². The molecule has 2 unspecified atom stereocenters. The summed E-state index contributed by atoms with van der Waals surface area (Å²) in [5.41, 5.74) is -1.04. The molecule has 0 saturated heterocycles. The third kappa shape index (κ3) is 4.31. The smallest absolute Gasteiger partial charge is 0.258 e. The predicted molar refractivity (Wildman–Crippen MR) is 110 cm³/mol. The molecule has 4 nitrogen and oxygen atoms in total. The SMILES string of the molecule is C[C@H](CO)n1ccc2c(C(=O)CCC3CCCC(C)(F)C3)c(Cl)ccc2c1=O. The highest BCUT2D eigenvalue weighted by Gasteiger charge is 2.32. The molecule has 2 aromatic rings. The summed E-state index contributed by atoms with van der Waals surface area (Å²) < 4.78 is 15.7. The van der Waals surface area contributed by atoms with E-state index < -0.39 is 5.67 Å². The van der Waals surface area contributed by atoms with Crippen LogP contribution in [0.25, 0.3) is 10.8 Å². The highest BCUT2D eigenvalue weighted by Crippen LogP contribution is 2.37. The molecule has 0 spiro atoms. The van der Waals surface area contributed by atoms with E-state index in [-0.39, 0.29) is 36.3 Å². The molecule has 0 aliphatic heterocycles. The number of Topliss-reactive ketones (excluding diaryl/α,β-unsaturated/α-hetero) is 1. The number of ketones is 1. The summed E-state index contributed by atoms with van der Waals surface area (Å²) in [4.78, 5) is 25.7. The van der Waals surface area contributed by atoms with Gasteiger partial charge in [0.1, 0.15) is 5.67 Å². The summed E-state index contributed by atoms with van der Waals surface area (Å²) >= 11 is 6.32. The third-order valence-corrected chi connectivity index (χ3v) is 6.20. The number of aliphatic hydroxyl groups excluding tert-OH is 1. The number of hydrogen-bond donors (Lipinski definition) is 1. The van der Waals surface area contributed by atoms with E-state index in [0.29, 0.717) is 40.6 Å². The fourth-order valence-corrected chi connectivity index (χ4v) is 4.57. The van der Waals surface area contributed by atoms with Crippen LogP contribution < -0.4 is 5.56 Å². The fraction of sp³-hybridized carbons (Fsp3) is 0.545. The molecule has 152 valence electrons. The van der Waals surface area contributed by atoms with E-state index >= 15 is 0 Å². The summed E-state index contributed by atoms with van der Waals surface area (Å²) in [5, 5.41) is 10.6. The van der Waals surface area contributed by atoms with Gasteiger partial charge in [-0.3, -0.25) is 9.59 Å². The summed E-state index contributed by atoms with van der Waals surface area (Å²) in [6.07, 6.45) is 5.38. The second kappa shape index (κ2) is 8.34. The molecule has 28 heavy (non-hydrogen) atoms. The van der Waals surface area contributed by atoms with Crippen LogP contribution in [0, 0.1) is 5.92 Å². The van der Waals surface area contributed by atoms with Gasteiger partial charge in [0.2, 0.25) is 0 Å². The molecule has 0 bridgehead atoms. The lowest BCUT2D eigenvalue weighted by Gasteiger charge is -2.31. The number of fused-ring (bicyclic) bond motifs is 1. The highest BCUT2D eigenvalue weighted by molar-refractivity contribution is 6.35. The van der Waals surface area contributed by atoms with Crippen molar-refractivity contribution in [2.45, 2.75) is 64.1 Å². The van der Waals surface area contributed by atoms with Crippen LogP contribution in [0.15, 0.2) is 29.2 Å². The minimum atomic E-state index is -1.14. The number of nitrogens with zero attached hydrogens (tertiary/aromatic N) is 1. The Labute approximate surface area is 169 Å². The van der Waals surface area contributed by atoms with Crippen molar-refractivity contribution in [3.05, 3.63) is 45.3 Å². The quantitative estimate of drug-likeness (QED) is 0.678. The van der Waals surface area contributed by atoms with Crippen molar-refractivity contribution in [2.24, 2.45) is 5.92 Å². The topological polar surface area (TPSA) is 59.3 Å². The molecule has 1 N–H and O–H groups in total. The molecule has 0 amide bonds. The van der Waals surface area contributed by atoms with Gasteiger partial charge in [0.15, 0.2) is 5.78 Å². The molecule has 1 aromatic heterocycles. The minimum absolute atomic E-state index is 0.117. The zero-order valence-electron chi connectivity index (χ0n) is 16.4. The molecule has 1 aliphatic rings. The molecular formula is C22H27ClFNO3. The maximum atomic E-state index is 14.3. The molecule has 1 aromatic carbocycles. The summed E-state index contributed by atoms with van der Waals surface area (Å²) in [5.74, 6) is 0.0816. The van der Waals surface area contributed by atoms with Gasteiger partial charge >= 0.3 is 0 Å². The van der Waals surface area contributed by atoms with Crippen molar-refractivity contribution in [2.75, 3.05) is 6.61 Å². The van der Waals surface area contributed by atoms with Crippen LogP contribution in [-0.4, -0.2) is 27.7 Å². The van der Waals surface area contributed by atoms with Crippen molar-refractivity contribution in [1.29, 1.82) is 0 Å². The van der Waals surface area contributed by atoms with Crippen LogP contribution >= 0.6 is 11.6 Å². The van der Waals surface area contributed by atoms with Gasteiger partial charge < -0.3 is 9.67 Å². The number of aliphatic hydroxyl groups is 1. The zero-order valence-corrected chi connectivity index (χ0v) is 17.1. The maximum Gasteiger partial charge on any atom is 0.258 e. The Kier molecular flexibility index (Phi) is 6.25. The Balaban J connectivity index is 1.87. The van der Waals surface area contributed by atoms with Gasteiger partial charge in [-0.2, -0.15) is 0 Å². The summed E-state index contributed by atoms with van der Waals surface area (Å²) in [7, 11) is 0. The van der Waals surface area contributed by atoms with E-state index in [1.165, 1.54) is 4.57 Å². The van der Waals surface area contributed by atoms with Gasteiger partial charge in [-0.05, 0) is 57.2 Å². The molecule has 0 radical (unpaired) electrons. The number of hydrogen-bond acceptors (Lipinski definition) is 3. The fourth-order valence-electron chi connectivity index (χ4n) is 4.30. The van der Waals surface area contributed by atoms with Crippen molar-refractivity contribution >= 4 is 28.2 Å². The van der Waals surface area contributed by atoms with Crippen molar-refractivity contribution in [3.8, 4) is 0 Å². The number of aromatic nitrogens is 1. The lowest BCUT2D eigenvalue weighted by atomic mass is 9.78. The standard InChI is InChI=1S/C22H27ClFNO3/c1-14(13-26)25-11-9-16-17(21(25)28)6-7-18(23)20(16)19(27)8-5-15-4-3-10-22(2,24)12-15/h6-7,9,11,14-15,26H,3-5,8,10,12-13H2,1-2H3/t14-,15?,22?/m1/s1. The average Bonchev–Trinajstić information content (AvgIpc) is 2.65. The number of benzene rings is 1. The second-order valence-corrected chi connectivity index (χ2v) is 8.69. The van der Waals surface area contributed by atoms with Gasteiger partial charge in [0, 0.05) is 29.0 Å². The first-order valence-electron chi connectivity index (χ1n) is 9.90. The Bertz CT molecular complexity index is 937. The Morgan fingerprint density at radius 1 is 1.39 bits per heavy atom. The van der Waals surface area contributed by atoms with Crippen LogP contribution in [-0.2, 0) is 0 Å². The van der Waals surface area contributed by atoms with Gasteiger partial charge in [-0.25, -0.2) is 4.39 Å². The first-order valence-corrected chi connectivity index (χ1v) is 10.3. The van der Waals surface area contributed by atoms with E-state index in [9.17, 15) is 19.1 Å². The monoisotopic (exact) mass is 407 g/mol. The molecule has 3 atom stereocenters. The van der Waals surface area contributed by atoms with E-state index in [1.807, 2.05) is 0 Å². The lowest BCUT2D eigenvalue weighted by molar-refractivity contribution is 0.0835. The van der Waals surface area contributed by atoms with Gasteiger partial charge in [-0.15, -0.1) is 0 Å². The second-order valence-electron chi connectivity index (χ2n) is 8.28. The zero-order chi connectivity index (χ0) is 20.5.